The van der Waals surface area contributed by atoms with Crippen LogP contribution in [0.4, 0.5) is 5.69 Å². The molecule has 3 N–H and O–H groups in total. The van der Waals surface area contributed by atoms with Gasteiger partial charge in [0.15, 0.2) is 0 Å². The van der Waals surface area contributed by atoms with Crippen molar-refractivity contribution in [3.8, 4) is 5.75 Å². The van der Waals surface area contributed by atoms with Gasteiger partial charge in [-0.05, 0) is 12.1 Å². The van der Waals surface area contributed by atoms with Crippen LogP contribution in [0.25, 0.3) is 0 Å². The lowest BCUT2D eigenvalue weighted by Crippen LogP contribution is -2.47. The summed E-state index contributed by atoms with van der Waals surface area (Å²) in [7, 11) is 1.80. The molecular weight excluding hydrogens is 180 g/mol. The Hall–Kier alpha value is -1.26. The lowest BCUT2D eigenvalue weighted by molar-refractivity contribution is 0.125. The summed E-state index contributed by atoms with van der Waals surface area (Å²) in [5.41, 5.74) is 6.60. The van der Waals surface area contributed by atoms with Gasteiger partial charge in [0.25, 0.3) is 0 Å². The van der Waals surface area contributed by atoms with E-state index in [0.29, 0.717) is 6.61 Å². The van der Waals surface area contributed by atoms with Crippen LogP contribution in [0.5, 0.6) is 5.75 Å². The van der Waals surface area contributed by atoms with Gasteiger partial charge in [-0.25, -0.2) is 0 Å². The third kappa shape index (κ3) is 1.42. The van der Waals surface area contributed by atoms with Gasteiger partial charge in [-0.3, -0.25) is 0 Å². The Morgan fingerprint density at radius 3 is 3.00 bits per heavy atom. The normalized spacial score (nSPS) is 26.4. The summed E-state index contributed by atoms with van der Waals surface area (Å²) in [4.78, 5) is 1.73. The number of aliphatic hydroxyl groups excluding tert-OH is 1. The summed E-state index contributed by atoms with van der Waals surface area (Å²) in [6.07, 6.45) is -0.696. The van der Waals surface area contributed by atoms with Gasteiger partial charge in [0.05, 0.1) is 11.7 Å². The number of hydrogen-bond donors (Lipinski definition) is 2. The largest absolute Gasteiger partial charge is 0.490 e. The van der Waals surface area contributed by atoms with Gasteiger partial charge in [0, 0.05) is 7.05 Å². The van der Waals surface area contributed by atoms with Crippen molar-refractivity contribution in [2.75, 3.05) is 18.6 Å². The number of hydrogen-bond acceptors (Lipinski definition) is 4. The molecule has 2 rings (SSSR count). The van der Waals surface area contributed by atoms with Gasteiger partial charge >= 0.3 is 0 Å². The van der Waals surface area contributed by atoms with E-state index in [4.69, 9.17) is 10.5 Å². The molecule has 0 aromatic heterocycles. The van der Waals surface area contributed by atoms with Crippen LogP contribution in [0, 0.1) is 0 Å². The van der Waals surface area contributed by atoms with E-state index in [0.717, 1.165) is 11.4 Å². The van der Waals surface area contributed by atoms with E-state index in [1.54, 1.807) is 11.9 Å². The number of nitrogens with two attached hydrogens (primary N) is 1. The van der Waals surface area contributed by atoms with Gasteiger partial charge in [-0.15, -0.1) is 0 Å². The van der Waals surface area contributed by atoms with E-state index in [1.807, 2.05) is 24.3 Å². The molecule has 1 heterocycles. The molecule has 14 heavy (non-hydrogen) atoms. The van der Waals surface area contributed by atoms with Crippen LogP contribution in [-0.2, 0) is 0 Å². The molecule has 1 aromatic rings. The summed E-state index contributed by atoms with van der Waals surface area (Å²) < 4.78 is 5.47. The van der Waals surface area contributed by atoms with Crippen LogP contribution in [0.3, 0.4) is 0 Å². The number of fused-ring (bicyclic) bond motifs is 1. The van der Waals surface area contributed by atoms with Crippen molar-refractivity contribution in [1.29, 1.82) is 0 Å². The Labute approximate surface area is 82.9 Å². The number of likely N-dealkylation sites (N-methyl/N-ethyl adjacent to an activating group) is 1. The zero-order valence-electron chi connectivity index (χ0n) is 8.05. The lowest BCUT2D eigenvalue weighted by atomic mass is 10.2. The summed E-state index contributed by atoms with van der Waals surface area (Å²) >= 11 is 0. The molecule has 0 aliphatic carbocycles. The van der Waals surface area contributed by atoms with Gasteiger partial charge in [-0.2, -0.15) is 0 Å². The maximum Gasteiger partial charge on any atom is 0.145 e. The fourth-order valence-electron chi connectivity index (χ4n) is 1.57. The van der Waals surface area contributed by atoms with E-state index >= 15 is 0 Å². The molecule has 0 fully saturated rings. The molecule has 1 aromatic carbocycles. The zero-order chi connectivity index (χ0) is 10.1. The summed E-state index contributed by atoms with van der Waals surface area (Å²) in [5.74, 6) is 0.766. The highest BCUT2D eigenvalue weighted by Crippen LogP contribution is 2.30. The van der Waals surface area contributed by atoms with Crippen molar-refractivity contribution < 1.29 is 9.84 Å². The molecule has 0 saturated heterocycles. The molecule has 0 bridgehead atoms. The third-order valence-corrected chi connectivity index (χ3v) is 2.46. The number of ether oxygens (including phenoxy) is 1. The second-order valence-electron chi connectivity index (χ2n) is 3.47. The molecule has 0 spiro atoms. The Morgan fingerprint density at radius 1 is 1.50 bits per heavy atom. The number of benzene rings is 1. The summed E-state index contributed by atoms with van der Waals surface area (Å²) in [5, 5.41) is 9.79. The van der Waals surface area contributed by atoms with Crippen LogP contribution < -0.4 is 15.4 Å². The maximum absolute atomic E-state index is 9.79. The molecule has 1 aliphatic rings. The van der Waals surface area contributed by atoms with E-state index < -0.39 is 6.23 Å². The number of nitrogens with zero attached hydrogens (tertiary/aromatic N) is 1. The van der Waals surface area contributed by atoms with Crippen LogP contribution in [0.1, 0.15) is 0 Å². The molecule has 2 atom stereocenters. The first-order chi connectivity index (χ1) is 6.70. The van der Waals surface area contributed by atoms with Gasteiger partial charge in [-0.1, -0.05) is 12.1 Å². The lowest BCUT2D eigenvalue weighted by Gasteiger charge is -2.26. The van der Waals surface area contributed by atoms with Gasteiger partial charge < -0.3 is 20.5 Å². The summed E-state index contributed by atoms with van der Waals surface area (Å²) in [6, 6.07) is 7.19. The topological polar surface area (TPSA) is 58.7 Å². The standard InChI is InChI=1S/C10H14N2O2/c1-12-8-4-2-3-5-9(8)14-6-7(11)10(12)13/h2-5,7,10,13H,6,11H2,1H3/t7-,10?/m0/s1. The Bertz CT molecular complexity index is 330. The molecule has 0 saturated carbocycles. The highest BCUT2D eigenvalue weighted by molar-refractivity contribution is 5.59. The Morgan fingerprint density at radius 2 is 2.21 bits per heavy atom. The van der Waals surface area contributed by atoms with Crippen molar-refractivity contribution in [2.24, 2.45) is 5.73 Å². The van der Waals surface area contributed by atoms with Crippen LogP contribution >= 0.6 is 0 Å². The molecule has 1 aliphatic heterocycles. The minimum absolute atomic E-state index is 0.336. The van der Waals surface area contributed by atoms with Crippen LogP contribution in [0.2, 0.25) is 0 Å². The predicted molar refractivity (Wildman–Crippen MR) is 54.3 cm³/mol. The molecule has 0 radical (unpaired) electrons. The molecule has 1 unspecified atom stereocenters. The number of rotatable bonds is 0. The van der Waals surface area contributed by atoms with Crippen LogP contribution in [-0.4, -0.2) is 31.0 Å². The first-order valence-corrected chi connectivity index (χ1v) is 4.58. The summed E-state index contributed by atoms with van der Waals surface area (Å²) in [6.45, 7) is 0.336. The van der Waals surface area contributed by atoms with Gasteiger partial charge in [0.2, 0.25) is 0 Å². The molecule has 0 amide bonds. The Kier molecular flexibility index (Phi) is 2.31. The first kappa shape index (κ1) is 9.30. The predicted octanol–water partition coefficient (Wildman–Crippen LogP) is 0.161. The minimum atomic E-state index is -0.696. The highest BCUT2D eigenvalue weighted by atomic mass is 16.5. The van der Waals surface area contributed by atoms with E-state index in [9.17, 15) is 5.11 Å². The molecule has 76 valence electrons. The van der Waals surface area contributed by atoms with Crippen molar-refractivity contribution in [2.45, 2.75) is 12.3 Å². The number of aliphatic hydroxyl groups is 1. The number of anilines is 1. The second-order valence-corrected chi connectivity index (χ2v) is 3.47. The average Bonchev–Trinajstić information content (AvgIpc) is 2.32. The monoisotopic (exact) mass is 194 g/mol. The van der Waals surface area contributed by atoms with E-state index in [2.05, 4.69) is 0 Å². The maximum atomic E-state index is 9.79. The molecule has 4 nitrogen and oxygen atoms in total. The SMILES string of the molecule is CN1c2ccccc2OC[C@H](N)C1O. The van der Waals surface area contributed by atoms with Crippen molar-refractivity contribution in [3.05, 3.63) is 24.3 Å². The van der Waals surface area contributed by atoms with Crippen molar-refractivity contribution in [1.82, 2.24) is 0 Å². The Balaban J connectivity index is 2.40. The van der Waals surface area contributed by atoms with E-state index in [-0.39, 0.29) is 6.04 Å². The molecular formula is C10H14N2O2. The van der Waals surface area contributed by atoms with Gasteiger partial charge in [0.1, 0.15) is 18.6 Å². The molecule has 4 heteroatoms. The smallest absolute Gasteiger partial charge is 0.145 e. The highest BCUT2D eigenvalue weighted by Gasteiger charge is 2.26. The average molecular weight is 194 g/mol. The second kappa shape index (κ2) is 3.48. The van der Waals surface area contributed by atoms with Crippen molar-refractivity contribution in [3.63, 3.8) is 0 Å². The van der Waals surface area contributed by atoms with E-state index in [1.165, 1.54) is 0 Å². The first-order valence-electron chi connectivity index (χ1n) is 4.58. The fraction of sp³-hybridized carbons (Fsp3) is 0.400. The minimum Gasteiger partial charge on any atom is -0.490 e. The van der Waals surface area contributed by atoms with Crippen LogP contribution in [0.15, 0.2) is 24.3 Å². The van der Waals surface area contributed by atoms with Crippen molar-refractivity contribution >= 4 is 5.69 Å². The fourth-order valence-corrected chi connectivity index (χ4v) is 1.57. The number of para-hydroxylation sites is 2. The quantitative estimate of drug-likeness (QED) is 0.617. The third-order valence-electron chi connectivity index (χ3n) is 2.46. The zero-order valence-corrected chi connectivity index (χ0v) is 8.05.